The van der Waals surface area contributed by atoms with E-state index in [0.717, 1.165) is 73.8 Å². The summed E-state index contributed by atoms with van der Waals surface area (Å²) in [6.45, 7) is 9.61. The molecule has 0 spiro atoms. The number of hydrogen-bond donors (Lipinski definition) is 2. The summed E-state index contributed by atoms with van der Waals surface area (Å²) in [6.07, 6.45) is 3.46. The molecule has 2 N–H and O–H groups in total. The number of nitrogens with zero attached hydrogens (tertiary/aromatic N) is 3. The minimum atomic E-state index is -0.0426. The molecule has 1 fully saturated rings. The summed E-state index contributed by atoms with van der Waals surface area (Å²) in [5, 5.41) is 9.65. The number of amides is 1. The second kappa shape index (κ2) is 10.5. The van der Waals surface area contributed by atoms with Crippen LogP contribution < -0.4 is 10.6 Å². The highest BCUT2D eigenvalue weighted by atomic mass is 32.1. The Bertz CT molecular complexity index is 999. The summed E-state index contributed by atoms with van der Waals surface area (Å²) in [4.78, 5) is 27.1. The van der Waals surface area contributed by atoms with Crippen molar-refractivity contribution < 1.29 is 9.53 Å². The molecular formula is C22H29N5O2S2. The third kappa shape index (κ3) is 5.23. The van der Waals surface area contributed by atoms with Crippen molar-refractivity contribution in [1.29, 1.82) is 0 Å². The molecule has 3 aromatic rings. The lowest BCUT2D eigenvalue weighted by Gasteiger charge is -2.26. The van der Waals surface area contributed by atoms with E-state index in [4.69, 9.17) is 4.74 Å². The topological polar surface area (TPSA) is 79.4 Å². The molecule has 1 atom stereocenters. The number of anilines is 1. The normalized spacial score (nSPS) is 15.8. The van der Waals surface area contributed by atoms with Crippen LogP contribution in [0.3, 0.4) is 0 Å². The lowest BCUT2D eigenvalue weighted by molar-refractivity contribution is 0.0378. The first-order chi connectivity index (χ1) is 15.2. The molecule has 1 amide bonds. The molecule has 1 saturated heterocycles. The zero-order chi connectivity index (χ0) is 21.6. The molecular weight excluding hydrogens is 430 g/mol. The number of aryl methyl sites for hydroxylation is 1. The van der Waals surface area contributed by atoms with Gasteiger partial charge in [0.25, 0.3) is 5.91 Å². The summed E-state index contributed by atoms with van der Waals surface area (Å²) in [7, 11) is 0. The SMILES string of the molecule is CCC(NC(=O)c1sc2ncnc(NCCCN3CCOCC3)c2c1C)c1cccs1. The zero-order valence-electron chi connectivity index (χ0n) is 18.0. The summed E-state index contributed by atoms with van der Waals surface area (Å²) < 4.78 is 5.41. The van der Waals surface area contributed by atoms with Gasteiger partial charge in [0.1, 0.15) is 17.0 Å². The van der Waals surface area contributed by atoms with E-state index in [2.05, 4.69) is 38.5 Å². The maximum Gasteiger partial charge on any atom is 0.262 e. The average molecular weight is 460 g/mol. The van der Waals surface area contributed by atoms with E-state index >= 15 is 0 Å². The van der Waals surface area contributed by atoms with Crippen molar-refractivity contribution in [3.8, 4) is 0 Å². The molecule has 0 radical (unpaired) electrons. The number of thiophene rings is 2. The molecule has 3 aromatic heterocycles. The number of carbonyl (C=O) groups is 1. The van der Waals surface area contributed by atoms with Crippen LogP contribution in [0.15, 0.2) is 23.8 Å². The third-order valence-electron chi connectivity index (χ3n) is 5.58. The summed E-state index contributed by atoms with van der Waals surface area (Å²) in [6, 6.07) is 4.12. The Hall–Kier alpha value is -2.07. The Kier molecular flexibility index (Phi) is 7.49. The molecule has 1 aliphatic rings. The molecule has 1 aliphatic heterocycles. The summed E-state index contributed by atoms with van der Waals surface area (Å²) in [5.41, 5.74) is 0.940. The second-order valence-electron chi connectivity index (χ2n) is 7.64. The van der Waals surface area contributed by atoms with Crippen molar-refractivity contribution in [2.75, 3.05) is 44.7 Å². The second-order valence-corrected chi connectivity index (χ2v) is 9.62. The monoisotopic (exact) mass is 459 g/mol. The van der Waals surface area contributed by atoms with E-state index in [1.165, 1.54) is 16.2 Å². The van der Waals surface area contributed by atoms with Crippen LogP contribution in [0.2, 0.25) is 0 Å². The maximum atomic E-state index is 13.1. The zero-order valence-corrected chi connectivity index (χ0v) is 19.7. The van der Waals surface area contributed by atoms with Crippen molar-refractivity contribution in [3.63, 3.8) is 0 Å². The maximum absolute atomic E-state index is 13.1. The number of morpholine rings is 1. The van der Waals surface area contributed by atoms with E-state index in [0.29, 0.717) is 4.88 Å². The van der Waals surface area contributed by atoms with Crippen LogP contribution in [0.1, 0.15) is 45.9 Å². The van der Waals surface area contributed by atoms with Crippen molar-refractivity contribution in [2.45, 2.75) is 32.7 Å². The number of fused-ring (bicyclic) bond motifs is 1. The van der Waals surface area contributed by atoms with Crippen LogP contribution in [0, 0.1) is 6.92 Å². The minimum Gasteiger partial charge on any atom is -0.379 e. The van der Waals surface area contributed by atoms with Gasteiger partial charge in [-0.3, -0.25) is 9.69 Å². The van der Waals surface area contributed by atoms with Gasteiger partial charge in [-0.05, 0) is 43.3 Å². The fraction of sp³-hybridized carbons (Fsp3) is 0.500. The average Bonchev–Trinajstić information content (AvgIpc) is 3.44. The highest BCUT2D eigenvalue weighted by Crippen LogP contribution is 2.34. The van der Waals surface area contributed by atoms with Gasteiger partial charge < -0.3 is 15.4 Å². The van der Waals surface area contributed by atoms with Crippen LogP contribution in [-0.4, -0.2) is 60.2 Å². The lowest BCUT2D eigenvalue weighted by Crippen LogP contribution is -2.37. The van der Waals surface area contributed by atoms with Gasteiger partial charge in [-0.25, -0.2) is 9.97 Å². The highest BCUT2D eigenvalue weighted by Gasteiger charge is 2.22. The van der Waals surface area contributed by atoms with E-state index in [-0.39, 0.29) is 11.9 Å². The van der Waals surface area contributed by atoms with Crippen molar-refractivity contribution in [2.24, 2.45) is 0 Å². The van der Waals surface area contributed by atoms with Crippen LogP contribution in [0.25, 0.3) is 10.2 Å². The van der Waals surface area contributed by atoms with Crippen LogP contribution in [0.4, 0.5) is 5.82 Å². The first-order valence-electron chi connectivity index (χ1n) is 10.8. The third-order valence-corrected chi connectivity index (χ3v) is 7.77. The standard InChI is InChI=1S/C22H29N5O2S2/c1-3-16(17-6-4-13-30-17)26-21(28)19-15(2)18-20(24-14-25-22(18)31-19)23-7-5-8-27-9-11-29-12-10-27/h4,6,13-14,16H,3,5,7-12H2,1-2H3,(H,26,28)(H,23,24,25). The first-order valence-corrected chi connectivity index (χ1v) is 12.5. The summed E-state index contributed by atoms with van der Waals surface area (Å²) in [5.74, 6) is 0.768. The highest BCUT2D eigenvalue weighted by molar-refractivity contribution is 7.20. The number of nitrogens with one attached hydrogen (secondary N) is 2. The molecule has 0 bridgehead atoms. The van der Waals surface area contributed by atoms with Gasteiger partial charge in [0.05, 0.1) is 29.5 Å². The van der Waals surface area contributed by atoms with E-state index in [1.807, 2.05) is 18.4 Å². The smallest absolute Gasteiger partial charge is 0.262 e. The Morgan fingerprint density at radius 2 is 2.16 bits per heavy atom. The number of aromatic nitrogens is 2. The Labute approximate surface area is 190 Å². The molecule has 7 nitrogen and oxygen atoms in total. The number of hydrogen-bond acceptors (Lipinski definition) is 8. The molecule has 166 valence electrons. The lowest BCUT2D eigenvalue weighted by atomic mass is 10.1. The molecule has 4 rings (SSSR count). The quantitative estimate of drug-likeness (QED) is 0.470. The van der Waals surface area contributed by atoms with Gasteiger partial charge in [-0.1, -0.05) is 13.0 Å². The Morgan fingerprint density at radius 3 is 2.90 bits per heavy atom. The van der Waals surface area contributed by atoms with E-state index in [9.17, 15) is 4.79 Å². The fourth-order valence-corrected chi connectivity index (χ4v) is 5.76. The van der Waals surface area contributed by atoms with Crippen molar-refractivity contribution in [1.82, 2.24) is 20.2 Å². The van der Waals surface area contributed by atoms with Crippen LogP contribution >= 0.6 is 22.7 Å². The van der Waals surface area contributed by atoms with Crippen LogP contribution in [0.5, 0.6) is 0 Å². The van der Waals surface area contributed by atoms with Crippen molar-refractivity contribution in [3.05, 3.63) is 39.2 Å². The number of ether oxygens (including phenoxy) is 1. The molecule has 0 saturated carbocycles. The molecule has 1 unspecified atom stereocenters. The molecule has 0 aromatic carbocycles. The fourth-order valence-electron chi connectivity index (χ4n) is 3.84. The van der Waals surface area contributed by atoms with Crippen LogP contribution in [-0.2, 0) is 4.74 Å². The van der Waals surface area contributed by atoms with Gasteiger partial charge >= 0.3 is 0 Å². The Morgan fingerprint density at radius 1 is 1.32 bits per heavy atom. The molecule has 0 aliphatic carbocycles. The summed E-state index contributed by atoms with van der Waals surface area (Å²) >= 11 is 3.11. The Balaban J connectivity index is 1.43. The first kappa shape index (κ1) is 22.1. The predicted octanol–water partition coefficient (Wildman–Crippen LogP) is 4.08. The van der Waals surface area contributed by atoms with Gasteiger partial charge in [0.15, 0.2) is 0 Å². The molecule has 31 heavy (non-hydrogen) atoms. The van der Waals surface area contributed by atoms with E-state index < -0.39 is 0 Å². The van der Waals surface area contributed by atoms with Gasteiger partial charge in [-0.15, -0.1) is 22.7 Å². The largest absolute Gasteiger partial charge is 0.379 e. The minimum absolute atomic E-state index is 0.0287. The van der Waals surface area contributed by atoms with E-state index in [1.54, 1.807) is 17.7 Å². The number of rotatable bonds is 9. The molecule has 9 heteroatoms. The predicted molar refractivity (Wildman–Crippen MR) is 127 cm³/mol. The van der Waals surface area contributed by atoms with Crippen molar-refractivity contribution >= 4 is 44.6 Å². The van der Waals surface area contributed by atoms with Gasteiger partial charge in [0.2, 0.25) is 0 Å². The molecule has 4 heterocycles. The number of carbonyl (C=O) groups excluding carboxylic acids is 1. The van der Waals surface area contributed by atoms with Gasteiger partial charge in [-0.2, -0.15) is 0 Å². The van der Waals surface area contributed by atoms with Gasteiger partial charge in [0, 0.05) is 24.5 Å².